The van der Waals surface area contributed by atoms with Gasteiger partial charge in [0.25, 0.3) is 0 Å². The van der Waals surface area contributed by atoms with E-state index in [9.17, 15) is 0 Å². The maximum Gasteiger partial charge on any atom is 0.154 e. The minimum Gasteiger partial charge on any atom is -0.354 e. The minimum absolute atomic E-state index is 1.02. The van der Waals surface area contributed by atoms with Crippen molar-refractivity contribution in [3.8, 4) is 11.3 Å². The number of rotatable bonds is 1. The van der Waals surface area contributed by atoms with E-state index in [0.717, 1.165) is 38.4 Å². The summed E-state index contributed by atoms with van der Waals surface area (Å²) >= 11 is 0. The third kappa shape index (κ3) is 1.75. The number of aromatic amines is 1. The van der Waals surface area contributed by atoms with Gasteiger partial charge in [-0.15, -0.1) is 0 Å². The van der Waals surface area contributed by atoms with Crippen LogP contribution in [-0.4, -0.2) is 36.4 Å². The van der Waals surface area contributed by atoms with Gasteiger partial charge in [-0.3, -0.25) is 5.10 Å². The molecule has 98 valence electrons. The van der Waals surface area contributed by atoms with Gasteiger partial charge in [-0.2, -0.15) is 5.10 Å². The molecule has 1 aliphatic carbocycles. The zero-order valence-corrected chi connectivity index (χ0v) is 10.9. The first-order valence-corrected chi connectivity index (χ1v) is 7.04. The fraction of sp³-hybridized carbons (Fsp3) is 0.400. The largest absolute Gasteiger partial charge is 0.354 e. The molecule has 1 aromatic carbocycles. The number of hydrogen-bond donors (Lipinski definition) is 2. The second-order valence-corrected chi connectivity index (χ2v) is 5.33. The second kappa shape index (κ2) is 4.38. The summed E-state index contributed by atoms with van der Waals surface area (Å²) in [6.45, 7) is 4.31. The molecule has 19 heavy (non-hydrogen) atoms. The molecule has 1 saturated heterocycles. The Labute approximate surface area is 112 Å². The van der Waals surface area contributed by atoms with Crippen LogP contribution < -0.4 is 10.2 Å². The van der Waals surface area contributed by atoms with Crippen molar-refractivity contribution < 1.29 is 0 Å². The minimum atomic E-state index is 1.02. The average Bonchev–Trinajstić information content (AvgIpc) is 2.88. The molecule has 2 N–H and O–H groups in total. The number of benzene rings is 1. The molecule has 0 radical (unpaired) electrons. The number of H-pyrrole nitrogens is 1. The number of anilines is 1. The molecule has 2 heterocycles. The van der Waals surface area contributed by atoms with Crippen LogP contribution >= 0.6 is 0 Å². The van der Waals surface area contributed by atoms with Crippen LogP contribution in [0.4, 0.5) is 5.82 Å². The highest BCUT2D eigenvalue weighted by atomic mass is 15.3. The Kier molecular flexibility index (Phi) is 2.55. The summed E-state index contributed by atoms with van der Waals surface area (Å²) in [6, 6.07) is 8.63. The second-order valence-electron chi connectivity index (χ2n) is 5.33. The van der Waals surface area contributed by atoms with E-state index in [0.29, 0.717) is 0 Å². The topological polar surface area (TPSA) is 44.0 Å². The standard InChI is InChI=1S/C15H18N4/c1-2-5-12-11(4-1)10-13-14(12)17-18-15(13)19-8-3-6-16-7-9-19/h1-2,4-5,16H,3,6-10H2,(H,17,18). The normalized spacial score (nSPS) is 18.0. The lowest BCUT2D eigenvalue weighted by atomic mass is 10.1. The Bertz CT molecular complexity index is 594. The van der Waals surface area contributed by atoms with Crippen molar-refractivity contribution in [3.05, 3.63) is 35.4 Å². The molecule has 2 aromatic rings. The van der Waals surface area contributed by atoms with Crippen molar-refractivity contribution in [3.63, 3.8) is 0 Å². The highest BCUT2D eigenvalue weighted by Gasteiger charge is 2.26. The van der Waals surface area contributed by atoms with Crippen molar-refractivity contribution in [2.24, 2.45) is 0 Å². The van der Waals surface area contributed by atoms with Crippen LogP contribution in [0.1, 0.15) is 17.5 Å². The fourth-order valence-corrected chi connectivity index (χ4v) is 3.17. The van der Waals surface area contributed by atoms with Crippen LogP contribution in [0.25, 0.3) is 11.3 Å². The van der Waals surface area contributed by atoms with E-state index in [1.54, 1.807) is 0 Å². The van der Waals surface area contributed by atoms with Crippen molar-refractivity contribution in [1.29, 1.82) is 0 Å². The molecule has 0 amide bonds. The Balaban J connectivity index is 1.72. The van der Waals surface area contributed by atoms with Gasteiger partial charge in [0.1, 0.15) is 0 Å². The molecule has 0 spiro atoms. The van der Waals surface area contributed by atoms with E-state index in [1.807, 2.05) is 0 Å². The van der Waals surface area contributed by atoms with E-state index in [2.05, 4.69) is 44.7 Å². The predicted octanol–water partition coefficient (Wildman–Crippen LogP) is 1.78. The number of aromatic nitrogens is 2. The maximum absolute atomic E-state index is 4.58. The Morgan fingerprint density at radius 3 is 3.05 bits per heavy atom. The molecule has 2 aliphatic rings. The van der Waals surface area contributed by atoms with E-state index in [1.165, 1.54) is 28.8 Å². The fourth-order valence-electron chi connectivity index (χ4n) is 3.17. The van der Waals surface area contributed by atoms with E-state index < -0.39 is 0 Å². The SMILES string of the molecule is c1ccc2c(c1)Cc1c(N3CCCNCC3)n[nH]c1-2. The van der Waals surface area contributed by atoms with Crippen molar-refractivity contribution in [2.45, 2.75) is 12.8 Å². The lowest BCUT2D eigenvalue weighted by Crippen LogP contribution is -2.28. The molecule has 1 aliphatic heterocycles. The van der Waals surface area contributed by atoms with Gasteiger partial charge in [0.15, 0.2) is 5.82 Å². The number of nitrogens with one attached hydrogen (secondary N) is 2. The van der Waals surface area contributed by atoms with Gasteiger partial charge in [-0.05, 0) is 18.5 Å². The molecule has 4 heteroatoms. The van der Waals surface area contributed by atoms with Crippen LogP contribution in [0.2, 0.25) is 0 Å². The van der Waals surface area contributed by atoms with Crippen LogP contribution in [0.5, 0.6) is 0 Å². The molecular weight excluding hydrogens is 236 g/mol. The van der Waals surface area contributed by atoms with Crippen LogP contribution in [0, 0.1) is 0 Å². The lowest BCUT2D eigenvalue weighted by Gasteiger charge is -2.20. The van der Waals surface area contributed by atoms with Gasteiger partial charge in [0.05, 0.1) is 5.69 Å². The zero-order chi connectivity index (χ0) is 12.7. The van der Waals surface area contributed by atoms with Gasteiger partial charge in [-0.25, -0.2) is 0 Å². The molecule has 0 bridgehead atoms. The molecule has 4 nitrogen and oxygen atoms in total. The van der Waals surface area contributed by atoms with Crippen LogP contribution in [0.3, 0.4) is 0 Å². The molecule has 4 rings (SSSR count). The van der Waals surface area contributed by atoms with Gasteiger partial charge >= 0.3 is 0 Å². The highest BCUT2D eigenvalue weighted by molar-refractivity contribution is 5.78. The highest BCUT2D eigenvalue weighted by Crippen LogP contribution is 2.39. The quantitative estimate of drug-likeness (QED) is 0.696. The lowest BCUT2D eigenvalue weighted by molar-refractivity contribution is 0.724. The molecule has 0 atom stereocenters. The smallest absolute Gasteiger partial charge is 0.154 e. The number of nitrogens with zero attached hydrogens (tertiary/aromatic N) is 2. The van der Waals surface area contributed by atoms with Gasteiger partial charge in [0.2, 0.25) is 0 Å². The third-order valence-corrected chi connectivity index (χ3v) is 4.14. The van der Waals surface area contributed by atoms with E-state index in [4.69, 9.17) is 0 Å². The monoisotopic (exact) mass is 254 g/mol. The Morgan fingerprint density at radius 2 is 2.05 bits per heavy atom. The summed E-state index contributed by atoms with van der Waals surface area (Å²) < 4.78 is 0. The summed E-state index contributed by atoms with van der Waals surface area (Å²) in [5.74, 6) is 1.16. The van der Waals surface area contributed by atoms with Crippen LogP contribution in [-0.2, 0) is 6.42 Å². The van der Waals surface area contributed by atoms with Gasteiger partial charge in [-0.1, -0.05) is 24.3 Å². The van der Waals surface area contributed by atoms with E-state index >= 15 is 0 Å². The third-order valence-electron chi connectivity index (χ3n) is 4.14. The Hall–Kier alpha value is -1.81. The summed E-state index contributed by atoms with van der Waals surface area (Å²) in [6.07, 6.45) is 2.20. The summed E-state index contributed by atoms with van der Waals surface area (Å²) in [5.41, 5.74) is 5.34. The molecule has 0 unspecified atom stereocenters. The molecule has 1 fully saturated rings. The number of fused-ring (bicyclic) bond motifs is 3. The summed E-state index contributed by atoms with van der Waals surface area (Å²) in [7, 11) is 0. The number of hydrogen-bond acceptors (Lipinski definition) is 3. The van der Waals surface area contributed by atoms with E-state index in [-0.39, 0.29) is 0 Å². The summed E-state index contributed by atoms with van der Waals surface area (Å²) in [5, 5.41) is 11.3. The summed E-state index contributed by atoms with van der Waals surface area (Å²) in [4.78, 5) is 2.42. The Morgan fingerprint density at radius 1 is 1.11 bits per heavy atom. The first-order valence-electron chi connectivity index (χ1n) is 7.04. The molecular formula is C15H18N4. The predicted molar refractivity (Wildman–Crippen MR) is 76.5 cm³/mol. The first-order chi connectivity index (χ1) is 9.43. The van der Waals surface area contributed by atoms with Crippen molar-refractivity contribution in [2.75, 3.05) is 31.1 Å². The molecule has 0 saturated carbocycles. The van der Waals surface area contributed by atoms with Crippen molar-refractivity contribution >= 4 is 5.82 Å². The van der Waals surface area contributed by atoms with Gasteiger partial charge < -0.3 is 10.2 Å². The average molecular weight is 254 g/mol. The van der Waals surface area contributed by atoms with Gasteiger partial charge in [0, 0.05) is 37.2 Å². The first kappa shape index (κ1) is 11.1. The molecule has 1 aromatic heterocycles. The maximum atomic E-state index is 4.58. The van der Waals surface area contributed by atoms with Crippen LogP contribution in [0.15, 0.2) is 24.3 Å². The zero-order valence-electron chi connectivity index (χ0n) is 10.9. The van der Waals surface area contributed by atoms with Crippen molar-refractivity contribution in [1.82, 2.24) is 15.5 Å².